The Hall–Kier alpha value is -4.37. The molecule has 2 aromatic rings. The molecule has 0 aliphatic carbocycles. The van der Waals surface area contributed by atoms with Gasteiger partial charge >= 0.3 is 6.09 Å². The van der Waals surface area contributed by atoms with Gasteiger partial charge in [-0.25, -0.2) is 19.7 Å². The summed E-state index contributed by atoms with van der Waals surface area (Å²) < 4.78 is 5.68. The number of halogens is 1. The van der Waals surface area contributed by atoms with E-state index < -0.39 is 48.5 Å². The van der Waals surface area contributed by atoms with E-state index in [9.17, 15) is 34.2 Å². The van der Waals surface area contributed by atoms with E-state index in [1.807, 2.05) is 12.4 Å². The largest absolute Gasteiger partial charge is 0.550 e. The highest BCUT2D eigenvalue weighted by Gasteiger charge is 2.44. The van der Waals surface area contributed by atoms with Crippen LogP contribution in [0.3, 0.4) is 0 Å². The number of aliphatic carboxylic acids is 2. The minimum absolute atomic E-state index is 0.144. The Morgan fingerprint density at radius 1 is 1.10 bits per heavy atom. The number of aromatic nitrogens is 3. The molecule has 3 amide bonds. The van der Waals surface area contributed by atoms with Gasteiger partial charge in [0.25, 0.3) is 5.91 Å². The van der Waals surface area contributed by atoms with Gasteiger partial charge in [-0.3, -0.25) is 14.6 Å². The number of likely N-dealkylation sites (N-methyl/N-ethyl adjacent to an activating group) is 1. The highest BCUT2D eigenvalue weighted by Crippen LogP contribution is 2.35. The molecule has 1 fully saturated rings. The summed E-state index contributed by atoms with van der Waals surface area (Å²) >= 11 is 5.89. The predicted octanol–water partition coefficient (Wildman–Crippen LogP) is -2.05. The topological polar surface area (TPSA) is 201 Å². The van der Waals surface area contributed by atoms with Gasteiger partial charge in [-0.2, -0.15) is 0 Å². The van der Waals surface area contributed by atoms with Crippen molar-refractivity contribution in [3.63, 3.8) is 0 Å². The SMILES string of the molecule is CC(=O)N[C@@H](CC(=O)[O-])C(=O)[O-].CN1CCN(C(=O)O[C@H]2c3nccnc3C(=O)N2c2ccc(Cl)cn2)CC1. The van der Waals surface area contributed by atoms with Gasteiger partial charge in [0.05, 0.1) is 17.0 Å². The number of hydrogen-bond acceptors (Lipinski definition) is 12. The summed E-state index contributed by atoms with van der Waals surface area (Å²) in [4.78, 5) is 73.4. The monoisotopic (exact) mass is 561 g/mol. The van der Waals surface area contributed by atoms with E-state index in [0.29, 0.717) is 29.6 Å². The van der Waals surface area contributed by atoms with Gasteiger partial charge < -0.3 is 39.7 Å². The molecule has 0 spiro atoms. The van der Waals surface area contributed by atoms with Crippen LogP contribution in [0.25, 0.3) is 0 Å². The number of anilines is 1. The fourth-order valence-corrected chi connectivity index (χ4v) is 3.76. The minimum Gasteiger partial charge on any atom is -0.550 e. The second-order valence-corrected chi connectivity index (χ2v) is 8.91. The predicted molar refractivity (Wildman–Crippen MR) is 129 cm³/mol. The van der Waals surface area contributed by atoms with E-state index in [4.69, 9.17) is 16.3 Å². The van der Waals surface area contributed by atoms with Crippen molar-refractivity contribution in [2.45, 2.75) is 25.6 Å². The lowest BCUT2D eigenvalue weighted by Gasteiger charge is -2.33. The minimum atomic E-state index is -1.64. The number of carboxylic acids is 2. The van der Waals surface area contributed by atoms with Gasteiger partial charge in [-0.05, 0) is 19.2 Å². The molecule has 2 aliphatic heterocycles. The van der Waals surface area contributed by atoms with Crippen LogP contribution in [-0.2, 0) is 19.1 Å². The molecule has 16 heteroatoms. The summed E-state index contributed by atoms with van der Waals surface area (Å²) in [5.41, 5.74) is 0.437. The summed E-state index contributed by atoms with van der Waals surface area (Å²) in [5, 5.41) is 22.4. The third-order valence-corrected chi connectivity index (χ3v) is 5.81. The van der Waals surface area contributed by atoms with E-state index in [0.717, 1.165) is 20.0 Å². The molecular formula is C23H24ClN7O8-2. The van der Waals surface area contributed by atoms with E-state index in [-0.39, 0.29) is 5.69 Å². The zero-order valence-corrected chi connectivity index (χ0v) is 21.7. The Bertz CT molecular complexity index is 1220. The van der Waals surface area contributed by atoms with Crippen molar-refractivity contribution in [1.82, 2.24) is 30.1 Å². The molecule has 0 aromatic carbocycles. The number of nitrogens with zero attached hydrogens (tertiary/aromatic N) is 6. The van der Waals surface area contributed by atoms with Gasteiger partial charge in [0.1, 0.15) is 11.5 Å². The van der Waals surface area contributed by atoms with Crippen molar-refractivity contribution >= 4 is 47.3 Å². The normalized spacial score (nSPS) is 17.4. The maximum Gasteiger partial charge on any atom is 0.412 e. The van der Waals surface area contributed by atoms with Crippen LogP contribution in [0.5, 0.6) is 0 Å². The van der Waals surface area contributed by atoms with Crippen molar-refractivity contribution in [2.24, 2.45) is 0 Å². The quantitative estimate of drug-likeness (QED) is 0.405. The fourth-order valence-electron chi connectivity index (χ4n) is 3.64. The average molecular weight is 562 g/mol. The van der Waals surface area contributed by atoms with E-state index in [2.05, 4.69) is 19.9 Å². The van der Waals surface area contributed by atoms with Crippen LogP contribution in [0, 0.1) is 0 Å². The number of fused-ring (bicyclic) bond motifs is 1. The highest BCUT2D eigenvalue weighted by molar-refractivity contribution is 6.30. The summed E-state index contributed by atoms with van der Waals surface area (Å²) in [6.07, 6.45) is 1.99. The maximum absolute atomic E-state index is 12.8. The molecule has 2 aromatic heterocycles. The first-order chi connectivity index (χ1) is 18.5. The zero-order chi connectivity index (χ0) is 28.7. The molecule has 2 aliphatic rings. The van der Waals surface area contributed by atoms with Crippen LogP contribution in [0.1, 0.15) is 35.8 Å². The lowest BCUT2D eigenvalue weighted by atomic mass is 10.2. The summed E-state index contributed by atoms with van der Waals surface area (Å²) in [6, 6.07) is 1.68. The smallest absolute Gasteiger partial charge is 0.412 e. The number of carboxylic acid groups (broad SMARTS) is 2. The van der Waals surface area contributed by atoms with Gasteiger partial charge in [0, 0.05) is 64.1 Å². The maximum atomic E-state index is 12.8. The Morgan fingerprint density at radius 2 is 1.77 bits per heavy atom. The molecule has 0 radical (unpaired) electrons. The molecule has 0 unspecified atom stereocenters. The lowest BCUT2D eigenvalue weighted by molar-refractivity contribution is -0.317. The number of amides is 3. The molecule has 1 saturated heterocycles. The zero-order valence-electron chi connectivity index (χ0n) is 20.9. The molecular weight excluding hydrogens is 538 g/mol. The van der Waals surface area contributed by atoms with Crippen molar-refractivity contribution in [3.8, 4) is 0 Å². The first-order valence-corrected chi connectivity index (χ1v) is 11.9. The number of carbonyl (C=O) groups is 5. The molecule has 15 nitrogen and oxygen atoms in total. The third kappa shape index (κ3) is 7.58. The fraction of sp³-hybridized carbons (Fsp3) is 0.391. The Balaban J connectivity index is 0.000000298. The van der Waals surface area contributed by atoms with E-state index in [1.54, 1.807) is 17.0 Å². The van der Waals surface area contributed by atoms with Gasteiger partial charge in [0.15, 0.2) is 5.69 Å². The third-order valence-electron chi connectivity index (χ3n) is 5.58. The Morgan fingerprint density at radius 3 is 2.33 bits per heavy atom. The second-order valence-electron chi connectivity index (χ2n) is 8.47. The second kappa shape index (κ2) is 12.9. The number of hydrogen-bond donors (Lipinski definition) is 1. The summed E-state index contributed by atoms with van der Waals surface area (Å²) in [5.74, 6) is -3.96. The molecule has 2 atom stereocenters. The number of rotatable bonds is 6. The van der Waals surface area contributed by atoms with Crippen LogP contribution in [-0.4, -0.2) is 93.9 Å². The molecule has 208 valence electrons. The van der Waals surface area contributed by atoms with Crippen LogP contribution in [0.15, 0.2) is 30.7 Å². The van der Waals surface area contributed by atoms with Gasteiger partial charge in [0.2, 0.25) is 12.1 Å². The van der Waals surface area contributed by atoms with Crippen LogP contribution in [0.2, 0.25) is 5.02 Å². The number of nitrogens with one attached hydrogen (secondary N) is 1. The lowest BCUT2D eigenvalue weighted by Crippen LogP contribution is -2.49. The molecule has 39 heavy (non-hydrogen) atoms. The molecule has 1 N–H and O–H groups in total. The van der Waals surface area contributed by atoms with Crippen molar-refractivity contribution in [1.29, 1.82) is 0 Å². The number of carbonyl (C=O) groups excluding carboxylic acids is 5. The first-order valence-electron chi connectivity index (χ1n) is 11.6. The van der Waals surface area contributed by atoms with Crippen molar-refractivity contribution < 1.29 is 38.9 Å². The van der Waals surface area contributed by atoms with Crippen molar-refractivity contribution in [3.05, 3.63) is 47.1 Å². The number of ether oxygens (including phenoxy) is 1. The molecule has 4 heterocycles. The van der Waals surface area contributed by atoms with Gasteiger partial charge in [-0.1, -0.05) is 11.6 Å². The average Bonchev–Trinajstić information content (AvgIpc) is 3.15. The highest BCUT2D eigenvalue weighted by atomic mass is 35.5. The molecule has 0 saturated carbocycles. The van der Waals surface area contributed by atoms with E-state index in [1.165, 1.54) is 23.5 Å². The van der Waals surface area contributed by atoms with Crippen LogP contribution < -0.4 is 20.4 Å². The Labute approximate surface area is 227 Å². The summed E-state index contributed by atoms with van der Waals surface area (Å²) in [6.45, 7) is 3.71. The molecule has 0 bridgehead atoms. The van der Waals surface area contributed by atoms with Gasteiger partial charge in [-0.15, -0.1) is 0 Å². The standard InChI is InChI=1S/C17H17ClN6O3.C6H9NO5/c1-22-6-8-23(9-7-22)17(26)27-16-14-13(19-4-5-20-14)15(25)24(16)12-3-2-11(18)10-21-12;1-3(8)7-4(6(11)12)2-5(9)10/h2-5,10,16H,6-9H2,1H3;4H,2H2,1H3,(H,7,8)(H,9,10)(H,11,12)/p-2/t16-;4-/m00/s1. The summed E-state index contributed by atoms with van der Waals surface area (Å²) in [7, 11) is 2.00. The van der Waals surface area contributed by atoms with Crippen LogP contribution >= 0.6 is 11.6 Å². The van der Waals surface area contributed by atoms with Crippen LogP contribution in [0.4, 0.5) is 10.6 Å². The van der Waals surface area contributed by atoms with Crippen molar-refractivity contribution in [2.75, 3.05) is 38.1 Å². The molecule has 4 rings (SSSR count). The number of pyridine rings is 1. The van der Waals surface area contributed by atoms with E-state index >= 15 is 0 Å². The Kier molecular flexibility index (Phi) is 9.68. The number of piperazine rings is 1. The first kappa shape index (κ1) is 29.2.